The summed E-state index contributed by atoms with van der Waals surface area (Å²) in [5, 5.41) is 3.43. The average molecular weight is 299 g/mol. The SMILES string of the molecule is CSc1ccc(C(c2cccnc2)N2CCNCC2)cc1. The van der Waals surface area contributed by atoms with Crippen molar-refractivity contribution >= 4 is 11.8 Å². The Morgan fingerprint density at radius 2 is 1.86 bits per heavy atom. The lowest BCUT2D eigenvalue weighted by Crippen LogP contribution is -2.45. The fraction of sp³-hybridized carbons (Fsp3) is 0.353. The molecule has 21 heavy (non-hydrogen) atoms. The predicted octanol–water partition coefficient (Wildman–Crippen LogP) is 2.80. The number of aromatic nitrogens is 1. The van der Waals surface area contributed by atoms with Crippen molar-refractivity contribution in [1.29, 1.82) is 0 Å². The molecule has 1 aliphatic rings. The van der Waals surface area contributed by atoms with Gasteiger partial charge in [0.25, 0.3) is 0 Å². The molecular formula is C17H21N3S. The Balaban J connectivity index is 1.94. The number of piperazine rings is 1. The molecule has 2 heterocycles. The maximum atomic E-state index is 4.31. The van der Waals surface area contributed by atoms with E-state index in [4.69, 9.17) is 0 Å². The first-order valence-corrected chi connectivity index (χ1v) is 8.59. The Morgan fingerprint density at radius 1 is 1.10 bits per heavy atom. The predicted molar refractivity (Wildman–Crippen MR) is 88.7 cm³/mol. The van der Waals surface area contributed by atoms with Gasteiger partial charge in [0.2, 0.25) is 0 Å². The van der Waals surface area contributed by atoms with E-state index in [2.05, 4.69) is 51.8 Å². The van der Waals surface area contributed by atoms with Gasteiger partial charge in [0.1, 0.15) is 0 Å². The molecule has 1 aliphatic heterocycles. The Kier molecular flexibility index (Phi) is 4.91. The number of thioether (sulfide) groups is 1. The zero-order valence-electron chi connectivity index (χ0n) is 12.3. The second-order valence-corrected chi connectivity index (χ2v) is 6.13. The molecule has 3 nitrogen and oxygen atoms in total. The van der Waals surface area contributed by atoms with Crippen LogP contribution in [0.4, 0.5) is 0 Å². The van der Waals surface area contributed by atoms with Crippen LogP contribution < -0.4 is 5.32 Å². The quantitative estimate of drug-likeness (QED) is 0.879. The summed E-state index contributed by atoms with van der Waals surface area (Å²) in [6.45, 7) is 4.26. The van der Waals surface area contributed by atoms with E-state index >= 15 is 0 Å². The van der Waals surface area contributed by atoms with Gasteiger partial charge in [-0.05, 0) is 35.6 Å². The van der Waals surface area contributed by atoms with E-state index in [0.717, 1.165) is 26.2 Å². The van der Waals surface area contributed by atoms with E-state index in [0.29, 0.717) is 6.04 Å². The van der Waals surface area contributed by atoms with Gasteiger partial charge in [-0.2, -0.15) is 0 Å². The van der Waals surface area contributed by atoms with Gasteiger partial charge in [0.15, 0.2) is 0 Å². The fourth-order valence-corrected chi connectivity index (χ4v) is 3.29. The van der Waals surface area contributed by atoms with Crippen LogP contribution in [-0.4, -0.2) is 42.3 Å². The van der Waals surface area contributed by atoms with E-state index in [9.17, 15) is 0 Å². The molecule has 1 N–H and O–H groups in total. The highest BCUT2D eigenvalue weighted by Gasteiger charge is 2.23. The molecule has 2 aromatic rings. The summed E-state index contributed by atoms with van der Waals surface area (Å²) in [6.07, 6.45) is 5.95. The third-order valence-corrected chi connectivity index (χ3v) is 4.69. The van der Waals surface area contributed by atoms with Crippen molar-refractivity contribution in [3.63, 3.8) is 0 Å². The maximum absolute atomic E-state index is 4.31. The molecule has 1 unspecified atom stereocenters. The Hall–Kier alpha value is -1.36. The molecule has 0 bridgehead atoms. The minimum Gasteiger partial charge on any atom is -0.314 e. The van der Waals surface area contributed by atoms with Crippen molar-refractivity contribution in [3.05, 3.63) is 59.9 Å². The largest absolute Gasteiger partial charge is 0.314 e. The molecule has 4 heteroatoms. The maximum Gasteiger partial charge on any atom is 0.0617 e. The minimum atomic E-state index is 0.303. The molecule has 0 radical (unpaired) electrons. The first-order valence-electron chi connectivity index (χ1n) is 7.37. The van der Waals surface area contributed by atoms with Crippen LogP contribution in [0, 0.1) is 0 Å². The van der Waals surface area contributed by atoms with Gasteiger partial charge in [-0.15, -0.1) is 11.8 Å². The van der Waals surface area contributed by atoms with E-state index in [1.165, 1.54) is 16.0 Å². The molecule has 110 valence electrons. The van der Waals surface area contributed by atoms with Crippen LogP contribution in [0.5, 0.6) is 0 Å². The zero-order chi connectivity index (χ0) is 14.5. The number of nitrogens with zero attached hydrogens (tertiary/aromatic N) is 2. The first kappa shape index (κ1) is 14.6. The summed E-state index contributed by atoms with van der Waals surface area (Å²) in [5.41, 5.74) is 2.62. The van der Waals surface area contributed by atoms with Crippen molar-refractivity contribution < 1.29 is 0 Å². The molecule has 0 aliphatic carbocycles. The van der Waals surface area contributed by atoms with Gasteiger partial charge >= 0.3 is 0 Å². The summed E-state index contributed by atoms with van der Waals surface area (Å²) in [5.74, 6) is 0. The van der Waals surface area contributed by atoms with Crippen LogP contribution >= 0.6 is 11.8 Å². The van der Waals surface area contributed by atoms with Crippen molar-refractivity contribution in [2.45, 2.75) is 10.9 Å². The van der Waals surface area contributed by atoms with Crippen LogP contribution in [0.2, 0.25) is 0 Å². The molecule has 1 aromatic heterocycles. The molecular weight excluding hydrogens is 278 g/mol. The molecule has 1 fully saturated rings. The van der Waals surface area contributed by atoms with Crippen molar-refractivity contribution in [2.75, 3.05) is 32.4 Å². The highest BCUT2D eigenvalue weighted by molar-refractivity contribution is 7.98. The number of hydrogen-bond acceptors (Lipinski definition) is 4. The monoisotopic (exact) mass is 299 g/mol. The number of rotatable bonds is 4. The standard InChI is InChI=1S/C17H21N3S/c1-21-16-6-4-14(5-7-16)17(15-3-2-8-19-13-15)20-11-9-18-10-12-20/h2-8,13,17-18H,9-12H2,1H3. The van der Waals surface area contributed by atoms with Crippen LogP contribution in [0.15, 0.2) is 53.7 Å². The van der Waals surface area contributed by atoms with Gasteiger partial charge in [-0.25, -0.2) is 0 Å². The van der Waals surface area contributed by atoms with Crippen molar-refractivity contribution in [2.24, 2.45) is 0 Å². The molecule has 1 aromatic carbocycles. The molecule has 0 spiro atoms. The smallest absolute Gasteiger partial charge is 0.0617 e. The zero-order valence-corrected chi connectivity index (χ0v) is 13.1. The summed E-state index contributed by atoms with van der Waals surface area (Å²) >= 11 is 1.78. The van der Waals surface area contributed by atoms with E-state index in [1.54, 1.807) is 11.8 Å². The third kappa shape index (κ3) is 3.46. The van der Waals surface area contributed by atoms with Crippen LogP contribution in [0.25, 0.3) is 0 Å². The van der Waals surface area contributed by atoms with Gasteiger partial charge in [-0.1, -0.05) is 18.2 Å². The summed E-state index contributed by atoms with van der Waals surface area (Å²) in [6, 6.07) is 13.5. The first-order chi connectivity index (χ1) is 10.4. The lowest BCUT2D eigenvalue weighted by atomic mass is 9.98. The van der Waals surface area contributed by atoms with E-state index in [1.807, 2.05) is 18.5 Å². The molecule has 1 atom stereocenters. The van der Waals surface area contributed by atoms with E-state index < -0.39 is 0 Å². The second kappa shape index (κ2) is 7.07. The van der Waals surface area contributed by atoms with Gasteiger partial charge in [-0.3, -0.25) is 9.88 Å². The van der Waals surface area contributed by atoms with Gasteiger partial charge in [0, 0.05) is 43.5 Å². The van der Waals surface area contributed by atoms with Crippen LogP contribution in [0.3, 0.4) is 0 Å². The summed E-state index contributed by atoms with van der Waals surface area (Å²) in [4.78, 5) is 8.17. The molecule has 3 rings (SSSR count). The number of nitrogens with one attached hydrogen (secondary N) is 1. The Labute approximate surface area is 130 Å². The van der Waals surface area contributed by atoms with Crippen molar-refractivity contribution in [3.8, 4) is 0 Å². The second-order valence-electron chi connectivity index (χ2n) is 5.25. The summed E-state index contributed by atoms with van der Waals surface area (Å²) < 4.78 is 0. The average Bonchev–Trinajstić information content (AvgIpc) is 2.58. The number of benzene rings is 1. The topological polar surface area (TPSA) is 28.2 Å². The highest BCUT2D eigenvalue weighted by Crippen LogP contribution is 2.29. The van der Waals surface area contributed by atoms with Crippen LogP contribution in [-0.2, 0) is 0 Å². The normalized spacial score (nSPS) is 17.6. The minimum absolute atomic E-state index is 0.303. The van der Waals surface area contributed by atoms with Crippen LogP contribution in [0.1, 0.15) is 17.2 Å². The number of hydrogen-bond donors (Lipinski definition) is 1. The fourth-order valence-electron chi connectivity index (χ4n) is 2.88. The highest BCUT2D eigenvalue weighted by atomic mass is 32.2. The van der Waals surface area contributed by atoms with Gasteiger partial charge < -0.3 is 5.32 Å². The van der Waals surface area contributed by atoms with E-state index in [-0.39, 0.29) is 0 Å². The molecule has 1 saturated heterocycles. The molecule has 0 saturated carbocycles. The summed E-state index contributed by atoms with van der Waals surface area (Å²) in [7, 11) is 0. The van der Waals surface area contributed by atoms with Gasteiger partial charge in [0.05, 0.1) is 6.04 Å². The lowest BCUT2D eigenvalue weighted by Gasteiger charge is -2.35. The van der Waals surface area contributed by atoms with Crippen molar-refractivity contribution in [1.82, 2.24) is 15.2 Å². The lowest BCUT2D eigenvalue weighted by molar-refractivity contribution is 0.198. The Morgan fingerprint density at radius 3 is 2.48 bits per heavy atom. The molecule has 0 amide bonds. The third-order valence-electron chi connectivity index (χ3n) is 3.95. The number of pyridine rings is 1. The Bertz CT molecular complexity index is 550.